The molecule has 0 aromatic heterocycles. The quantitative estimate of drug-likeness (QED) is 0.530. The Kier molecular flexibility index (Phi) is 2.19. The van der Waals surface area contributed by atoms with Crippen LogP contribution in [0.5, 0.6) is 0 Å². The van der Waals surface area contributed by atoms with Crippen LogP contribution < -0.4 is 0 Å². The van der Waals surface area contributed by atoms with Gasteiger partial charge in [-0.1, -0.05) is 38.5 Å². The van der Waals surface area contributed by atoms with Crippen molar-refractivity contribution in [1.82, 2.24) is 0 Å². The molecule has 0 spiro atoms. The zero-order valence-corrected chi connectivity index (χ0v) is 7.98. The third-order valence-electron chi connectivity index (χ3n) is 1.01. The van der Waals surface area contributed by atoms with Crippen LogP contribution >= 0.6 is 38.5 Å². The van der Waals surface area contributed by atoms with Crippen LogP contribution in [-0.4, -0.2) is 15.4 Å². The molecule has 0 aromatic carbocycles. The lowest BCUT2D eigenvalue weighted by Crippen LogP contribution is -2.20. The van der Waals surface area contributed by atoms with Gasteiger partial charge < -0.3 is 4.74 Å². The molecular formula is C5H6BrIO. The van der Waals surface area contributed by atoms with E-state index in [0.29, 0.717) is 0 Å². The molecule has 0 bridgehead atoms. The van der Waals surface area contributed by atoms with E-state index in [2.05, 4.69) is 44.6 Å². The number of hydrogen-bond acceptors (Lipinski definition) is 1. The molecule has 8 heavy (non-hydrogen) atoms. The summed E-state index contributed by atoms with van der Waals surface area (Å²) in [5, 5.41) is 0.969. The van der Waals surface area contributed by atoms with Crippen molar-refractivity contribution in [2.45, 2.75) is 3.42 Å². The molecule has 1 heterocycles. The summed E-state index contributed by atoms with van der Waals surface area (Å²) < 4.78 is 5.25. The summed E-state index contributed by atoms with van der Waals surface area (Å²) in [7, 11) is 0. The Bertz CT molecular complexity index is 115. The summed E-state index contributed by atoms with van der Waals surface area (Å²) in [4.78, 5) is 0. The van der Waals surface area contributed by atoms with Crippen LogP contribution in [0.25, 0.3) is 0 Å². The summed E-state index contributed by atoms with van der Waals surface area (Å²) in [6, 6.07) is 0. The molecule has 1 rings (SSSR count). The van der Waals surface area contributed by atoms with E-state index in [4.69, 9.17) is 4.74 Å². The lowest BCUT2D eigenvalue weighted by atomic mass is 10.2. The third-order valence-corrected chi connectivity index (χ3v) is 4.11. The topological polar surface area (TPSA) is 9.23 Å². The van der Waals surface area contributed by atoms with Crippen molar-refractivity contribution in [3.63, 3.8) is 0 Å². The van der Waals surface area contributed by atoms with Gasteiger partial charge in [0.15, 0.2) is 0 Å². The summed E-state index contributed by atoms with van der Waals surface area (Å²) in [6.07, 6.45) is 3.83. The predicted octanol–water partition coefficient (Wildman–Crippen LogP) is 2.10. The maximum absolute atomic E-state index is 5.03. The van der Waals surface area contributed by atoms with E-state index in [-0.39, 0.29) is 3.42 Å². The second kappa shape index (κ2) is 2.56. The molecule has 1 unspecified atom stereocenters. The number of ether oxygens (including phenoxy) is 1. The van der Waals surface area contributed by atoms with Gasteiger partial charge in [-0.3, -0.25) is 0 Å². The molecule has 0 saturated heterocycles. The Labute approximate surface area is 70.7 Å². The van der Waals surface area contributed by atoms with E-state index in [1.54, 1.807) is 6.26 Å². The van der Waals surface area contributed by atoms with Gasteiger partial charge in [0.2, 0.25) is 0 Å². The first kappa shape index (κ1) is 6.86. The molecule has 0 radical (unpaired) electrons. The van der Waals surface area contributed by atoms with E-state index in [1.165, 1.54) is 0 Å². The summed E-state index contributed by atoms with van der Waals surface area (Å²) >= 11 is 5.76. The van der Waals surface area contributed by atoms with Crippen molar-refractivity contribution in [2.75, 3.05) is 11.9 Å². The molecular weight excluding hydrogens is 283 g/mol. The molecule has 0 amide bonds. The summed E-state index contributed by atoms with van der Waals surface area (Å²) in [5.41, 5.74) is 0. The molecule has 3 heteroatoms. The first-order chi connectivity index (χ1) is 3.77. The summed E-state index contributed by atoms with van der Waals surface area (Å²) in [5.74, 6) is 0. The highest BCUT2D eigenvalue weighted by molar-refractivity contribution is 14.1. The van der Waals surface area contributed by atoms with Gasteiger partial charge in [0.25, 0.3) is 0 Å². The Hall–Kier alpha value is 0.750. The first-order valence-electron chi connectivity index (χ1n) is 2.31. The Balaban J connectivity index is 2.54. The zero-order chi connectivity index (χ0) is 6.04. The fourth-order valence-corrected chi connectivity index (χ4v) is 1.16. The van der Waals surface area contributed by atoms with Crippen molar-refractivity contribution in [3.05, 3.63) is 12.3 Å². The van der Waals surface area contributed by atoms with Crippen molar-refractivity contribution >= 4 is 38.5 Å². The second-order valence-corrected chi connectivity index (χ2v) is 4.49. The molecule has 0 N–H and O–H groups in total. The minimum absolute atomic E-state index is 0.220. The van der Waals surface area contributed by atoms with E-state index >= 15 is 0 Å². The van der Waals surface area contributed by atoms with Gasteiger partial charge in [0.1, 0.15) is 6.61 Å². The van der Waals surface area contributed by atoms with Crippen LogP contribution in [0.1, 0.15) is 0 Å². The van der Waals surface area contributed by atoms with Crippen LogP contribution in [-0.2, 0) is 4.74 Å². The minimum Gasteiger partial charge on any atom is -0.500 e. The van der Waals surface area contributed by atoms with Crippen LogP contribution in [0.2, 0.25) is 0 Å². The van der Waals surface area contributed by atoms with Crippen molar-refractivity contribution in [2.24, 2.45) is 0 Å². The van der Waals surface area contributed by atoms with Crippen LogP contribution in [0.3, 0.4) is 0 Å². The third kappa shape index (κ3) is 1.37. The van der Waals surface area contributed by atoms with Gasteiger partial charge in [-0.25, -0.2) is 0 Å². The average Bonchev–Trinajstić information content (AvgIpc) is 2.17. The average molecular weight is 289 g/mol. The van der Waals surface area contributed by atoms with Crippen molar-refractivity contribution in [1.29, 1.82) is 0 Å². The van der Waals surface area contributed by atoms with Crippen LogP contribution in [0.15, 0.2) is 12.3 Å². The predicted molar refractivity (Wildman–Crippen MR) is 45.6 cm³/mol. The van der Waals surface area contributed by atoms with Crippen LogP contribution in [0, 0.1) is 0 Å². The normalized spacial score (nSPS) is 35.2. The monoisotopic (exact) mass is 288 g/mol. The SMILES string of the molecule is BrCC1(I)C=COC1. The van der Waals surface area contributed by atoms with E-state index in [1.807, 2.05) is 0 Å². The van der Waals surface area contributed by atoms with Gasteiger partial charge in [-0.2, -0.15) is 0 Å². The second-order valence-electron chi connectivity index (χ2n) is 1.78. The van der Waals surface area contributed by atoms with Gasteiger partial charge in [0, 0.05) is 5.33 Å². The Morgan fingerprint density at radius 3 is 2.88 bits per heavy atom. The van der Waals surface area contributed by atoms with E-state index in [9.17, 15) is 0 Å². The summed E-state index contributed by atoms with van der Waals surface area (Å²) in [6.45, 7) is 0.804. The molecule has 0 saturated carbocycles. The highest BCUT2D eigenvalue weighted by atomic mass is 127. The first-order valence-corrected chi connectivity index (χ1v) is 4.51. The smallest absolute Gasteiger partial charge is 0.106 e. The van der Waals surface area contributed by atoms with Crippen LogP contribution in [0.4, 0.5) is 0 Å². The number of rotatable bonds is 1. The molecule has 1 nitrogen and oxygen atoms in total. The van der Waals surface area contributed by atoms with Gasteiger partial charge in [-0.05, 0) is 6.08 Å². The fraction of sp³-hybridized carbons (Fsp3) is 0.600. The van der Waals surface area contributed by atoms with Gasteiger partial charge in [0.05, 0.1) is 9.68 Å². The number of halogens is 2. The maximum Gasteiger partial charge on any atom is 0.106 e. The van der Waals surface area contributed by atoms with E-state index in [0.717, 1.165) is 11.9 Å². The largest absolute Gasteiger partial charge is 0.500 e. The molecule has 0 fully saturated rings. The molecule has 0 aliphatic carbocycles. The molecule has 1 aliphatic heterocycles. The standard InChI is InChI=1S/C5H6BrIO/c6-3-5(7)1-2-8-4-5/h1-2H,3-4H2. The highest BCUT2D eigenvalue weighted by Crippen LogP contribution is 2.27. The fourth-order valence-electron chi connectivity index (χ4n) is 0.488. The Morgan fingerprint density at radius 2 is 2.62 bits per heavy atom. The molecule has 46 valence electrons. The highest BCUT2D eigenvalue weighted by Gasteiger charge is 2.25. The lowest BCUT2D eigenvalue weighted by molar-refractivity contribution is 0.270. The zero-order valence-electron chi connectivity index (χ0n) is 4.23. The Morgan fingerprint density at radius 1 is 1.88 bits per heavy atom. The number of hydrogen-bond donors (Lipinski definition) is 0. The lowest BCUT2D eigenvalue weighted by Gasteiger charge is -2.11. The van der Waals surface area contributed by atoms with E-state index < -0.39 is 0 Å². The number of alkyl halides is 2. The molecule has 1 aliphatic rings. The van der Waals surface area contributed by atoms with Gasteiger partial charge >= 0.3 is 0 Å². The van der Waals surface area contributed by atoms with Crippen molar-refractivity contribution < 1.29 is 4.74 Å². The van der Waals surface area contributed by atoms with Crippen molar-refractivity contribution in [3.8, 4) is 0 Å². The minimum atomic E-state index is 0.220. The maximum atomic E-state index is 5.03. The van der Waals surface area contributed by atoms with Gasteiger partial charge in [-0.15, -0.1) is 0 Å². The molecule has 0 aromatic rings. The molecule has 1 atom stereocenters.